The van der Waals surface area contributed by atoms with Crippen LogP contribution in [0.1, 0.15) is 27.8 Å². The van der Waals surface area contributed by atoms with E-state index >= 15 is 0 Å². The fourth-order valence-corrected chi connectivity index (χ4v) is 7.75. The molecule has 6 nitrogen and oxygen atoms in total. The van der Waals surface area contributed by atoms with E-state index in [0.29, 0.717) is 43.0 Å². The third-order valence-corrected chi connectivity index (χ3v) is 11.1. The van der Waals surface area contributed by atoms with E-state index in [0.717, 1.165) is 68.2 Å². The number of nitrogens with zero attached hydrogens (tertiary/aromatic N) is 5. The first-order valence-electron chi connectivity index (χ1n) is 19.9. The van der Waals surface area contributed by atoms with Gasteiger partial charge in [-0.15, -0.1) is 0 Å². The third kappa shape index (κ3) is 10.8. The van der Waals surface area contributed by atoms with Crippen LogP contribution in [0.25, 0.3) is 6.08 Å². The first-order chi connectivity index (χ1) is 28.5. The van der Waals surface area contributed by atoms with Crippen molar-refractivity contribution in [3.05, 3.63) is 185 Å². The summed E-state index contributed by atoms with van der Waals surface area (Å²) in [5, 5.41) is 0. The Bertz CT molecular complexity index is 2180. The van der Waals surface area contributed by atoms with Crippen LogP contribution >= 0.6 is 0 Å². The molecule has 7 rings (SSSR count). The summed E-state index contributed by atoms with van der Waals surface area (Å²) >= 11 is 0. The van der Waals surface area contributed by atoms with Gasteiger partial charge in [0.2, 0.25) is 5.91 Å². The average molecular weight is 806 g/mol. The number of halogens is 5. The highest BCUT2D eigenvalue weighted by atomic mass is 19.4. The van der Waals surface area contributed by atoms with E-state index < -0.39 is 29.4 Å². The molecule has 0 spiro atoms. The van der Waals surface area contributed by atoms with E-state index in [1.807, 2.05) is 58.3 Å². The van der Waals surface area contributed by atoms with Crippen LogP contribution in [-0.4, -0.2) is 79.0 Å². The van der Waals surface area contributed by atoms with Gasteiger partial charge in [0, 0.05) is 88.9 Å². The minimum atomic E-state index is -4.46. The van der Waals surface area contributed by atoms with Gasteiger partial charge in [-0.3, -0.25) is 9.69 Å². The molecule has 11 heteroatoms. The number of rotatable bonds is 13. The summed E-state index contributed by atoms with van der Waals surface area (Å²) in [5.74, 6) is -2.16. The predicted molar refractivity (Wildman–Crippen MR) is 225 cm³/mol. The van der Waals surface area contributed by atoms with Crippen LogP contribution in [0, 0.1) is 11.6 Å². The molecule has 5 aromatic carbocycles. The highest BCUT2D eigenvalue weighted by Crippen LogP contribution is 2.30. The number of alkyl halides is 3. The van der Waals surface area contributed by atoms with Crippen molar-refractivity contribution < 1.29 is 26.7 Å². The van der Waals surface area contributed by atoms with Gasteiger partial charge in [0.1, 0.15) is 6.04 Å². The first-order valence-corrected chi connectivity index (χ1v) is 19.9. The second-order valence-corrected chi connectivity index (χ2v) is 15.1. The van der Waals surface area contributed by atoms with Crippen molar-refractivity contribution in [1.29, 1.82) is 0 Å². The molecule has 0 saturated carbocycles. The van der Waals surface area contributed by atoms with E-state index in [2.05, 4.69) is 57.7 Å². The van der Waals surface area contributed by atoms with E-state index in [4.69, 9.17) is 0 Å². The standard InChI is InChI=1S/C48H48F5N5O/c1-36(12-13-37-14-19-41(20-15-37)48(51,52)53)58(35-39-16-21-43(22-17-39)56-30-28-55(29-31-56)42-10-6-3-7-11-42)46(33-40-18-23-44(49)45(50)32-40)47(59)57-26-24-54(25-27-57)34-38-8-4-2-5-9-38/h2-23,32,46H,1,24-31,33-35H2/b13-12+/t46-/m0/s1. The largest absolute Gasteiger partial charge is 0.416 e. The van der Waals surface area contributed by atoms with Crippen LogP contribution in [0.5, 0.6) is 0 Å². The molecule has 2 fully saturated rings. The predicted octanol–water partition coefficient (Wildman–Crippen LogP) is 9.30. The van der Waals surface area contributed by atoms with Crippen LogP contribution in [0.4, 0.5) is 33.3 Å². The summed E-state index contributed by atoms with van der Waals surface area (Å²) in [6.45, 7) is 11.1. The molecule has 2 saturated heterocycles. The van der Waals surface area contributed by atoms with Crippen molar-refractivity contribution in [3.8, 4) is 0 Å². The molecule has 2 aliphatic heterocycles. The second kappa shape index (κ2) is 18.8. The molecule has 59 heavy (non-hydrogen) atoms. The van der Waals surface area contributed by atoms with Gasteiger partial charge >= 0.3 is 6.18 Å². The number of hydrogen-bond donors (Lipinski definition) is 0. The van der Waals surface area contributed by atoms with Crippen LogP contribution in [0.15, 0.2) is 146 Å². The molecule has 1 atom stereocenters. The Balaban J connectivity index is 1.14. The number of hydrogen-bond acceptors (Lipinski definition) is 5. The monoisotopic (exact) mass is 805 g/mol. The lowest BCUT2D eigenvalue weighted by Gasteiger charge is -2.40. The summed E-state index contributed by atoms with van der Waals surface area (Å²) in [6.07, 6.45) is -1.05. The third-order valence-electron chi connectivity index (χ3n) is 11.1. The van der Waals surface area contributed by atoms with Gasteiger partial charge in [-0.05, 0) is 76.9 Å². The van der Waals surface area contributed by atoms with Crippen LogP contribution in [0.2, 0.25) is 0 Å². The van der Waals surface area contributed by atoms with Gasteiger partial charge in [-0.2, -0.15) is 13.2 Å². The fourth-order valence-electron chi connectivity index (χ4n) is 7.75. The highest BCUT2D eigenvalue weighted by Gasteiger charge is 2.33. The number of allylic oxidation sites excluding steroid dienone is 1. The lowest BCUT2D eigenvalue weighted by atomic mass is 10.0. The molecular weight excluding hydrogens is 758 g/mol. The SMILES string of the molecule is C=C(/C=C/c1ccc(C(F)(F)F)cc1)N(Cc1ccc(N2CCN(c3ccccc3)CC2)cc1)[C@@H](Cc1ccc(F)c(F)c1)C(=O)N1CCN(Cc2ccccc2)CC1. The summed E-state index contributed by atoms with van der Waals surface area (Å²) in [4.78, 5) is 25.5. The zero-order chi connectivity index (χ0) is 41.4. The second-order valence-electron chi connectivity index (χ2n) is 15.1. The van der Waals surface area contributed by atoms with Crippen molar-refractivity contribution in [2.24, 2.45) is 0 Å². The van der Waals surface area contributed by atoms with Gasteiger partial charge in [-0.1, -0.05) is 91.5 Å². The van der Waals surface area contributed by atoms with Gasteiger partial charge < -0.3 is 19.6 Å². The normalized spacial score (nSPS) is 15.7. The summed E-state index contributed by atoms with van der Waals surface area (Å²) in [5.41, 5.74) is 5.02. The molecule has 0 aromatic heterocycles. The molecular formula is C48H48F5N5O. The van der Waals surface area contributed by atoms with E-state index in [-0.39, 0.29) is 18.9 Å². The maximum Gasteiger partial charge on any atom is 0.416 e. The zero-order valence-corrected chi connectivity index (χ0v) is 32.9. The maximum absolute atomic E-state index is 14.8. The molecule has 0 N–H and O–H groups in total. The topological polar surface area (TPSA) is 33.3 Å². The van der Waals surface area contributed by atoms with Crippen molar-refractivity contribution in [1.82, 2.24) is 14.7 Å². The van der Waals surface area contributed by atoms with E-state index in [1.165, 1.54) is 29.4 Å². The quantitative estimate of drug-likeness (QED) is 0.0876. The number of para-hydroxylation sites is 1. The lowest BCUT2D eigenvalue weighted by Crippen LogP contribution is -2.55. The molecule has 1 amide bonds. The Morgan fingerprint density at radius 2 is 1.24 bits per heavy atom. The molecule has 0 bridgehead atoms. The first kappa shape index (κ1) is 41.2. The van der Waals surface area contributed by atoms with Gasteiger partial charge in [0.25, 0.3) is 0 Å². The Kier molecular flexibility index (Phi) is 13.1. The van der Waals surface area contributed by atoms with Gasteiger partial charge in [0.05, 0.1) is 5.56 Å². The number of piperazine rings is 2. The lowest BCUT2D eigenvalue weighted by molar-refractivity contribution is -0.138. The Morgan fingerprint density at radius 3 is 1.83 bits per heavy atom. The summed E-state index contributed by atoms with van der Waals surface area (Å²) < 4.78 is 68.6. The molecule has 2 aliphatic rings. The highest BCUT2D eigenvalue weighted by molar-refractivity contribution is 5.83. The summed E-state index contributed by atoms with van der Waals surface area (Å²) in [6, 6.07) is 36.3. The number of amides is 1. The number of benzene rings is 5. The van der Waals surface area contributed by atoms with Crippen LogP contribution < -0.4 is 9.80 Å². The molecule has 0 unspecified atom stereocenters. The van der Waals surface area contributed by atoms with Crippen molar-refractivity contribution in [2.45, 2.75) is 31.7 Å². The zero-order valence-electron chi connectivity index (χ0n) is 32.9. The van der Waals surface area contributed by atoms with Crippen molar-refractivity contribution in [3.63, 3.8) is 0 Å². The molecule has 0 radical (unpaired) electrons. The van der Waals surface area contributed by atoms with Gasteiger partial charge in [-0.25, -0.2) is 8.78 Å². The number of carbonyl (C=O) groups excluding carboxylic acids is 1. The van der Waals surface area contributed by atoms with Gasteiger partial charge in [0.15, 0.2) is 11.6 Å². The van der Waals surface area contributed by atoms with E-state index in [1.54, 1.807) is 12.2 Å². The molecule has 306 valence electrons. The maximum atomic E-state index is 14.8. The number of carbonyl (C=O) groups is 1. The Labute approximate surface area is 343 Å². The van der Waals surface area contributed by atoms with Crippen molar-refractivity contribution in [2.75, 3.05) is 62.2 Å². The number of anilines is 2. The smallest absolute Gasteiger partial charge is 0.368 e. The van der Waals surface area contributed by atoms with Crippen LogP contribution in [-0.2, 0) is 30.5 Å². The van der Waals surface area contributed by atoms with Crippen molar-refractivity contribution >= 4 is 23.4 Å². The average Bonchev–Trinajstić information content (AvgIpc) is 3.26. The summed E-state index contributed by atoms with van der Waals surface area (Å²) in [7, 11) is 0. The fraction of sp³-hybridized carbons (Fsp3) is 0.271. The Morgan fingerprint density at radius 1 is 0.661 bits per heavy atom. The minimum Gasteiger partial charge on any atom is -0.368 e. The Hall–Kier alpha value is -5.94. The molecule has 2 heterocycles. The molecule has 0 aliphatic carbocycles. The van der Waals surface area contributed by atoms with E-state index in [9.17, 15) is 26.7 Å². The molecule has 5 aromatic rings. The minimum absolute atomic E-state index is 0.0666. The van der Waals surface area contributed by atoms with Crippen LogP contribution in [0.3, 0.4) is 0 Å².